The Kier molecular flexibility index (Phi) is 4.67. The van der Waals surface area contributed by atoms with Gasteiger partial charge in [-0.1, -0.05) is 28.4 Å². The van der Waals surface area contributed by atoms with Gasteiger partial charge in [0, 0.05) is 0 Å². The summed E-state index contributed by atoms with van der Waals surface area (Å²) in [5.41, 5.74) is 7.29. The molecule has 8 heteroatoms. The quantitative estimate of drug-likeness (QED) is 0.549. The maximum atomic E-state index is 10.6. The molecule has 0 heterocycles. The fourth-order valence-corrected chi connectivity index (χ4v) is 1.57. The smallest absolute Gasteiger partial charge is 0.480 e. The average Bonchev–Trinajstić information content (AvgIpc) is 2.33. The van der Waals surface area contributed by atoms with E-state index in [0.29, 0.717) is 5.46 Å². The number of carboxylic acid groups (broad SMARTS) is 1. The van der Waals surface area contributed by atoms with Crippen LogP contribution in [0.1, 0.15) is 11.1 Å². The van der Waals surface area contributed by atoms with Crippen molar-refractivity contribution in [2.75, 3.05) is 0 Å². The predicted octanol–water partition coefficient (Wildman–Crippen LogP) is 0.177. The maximum Gasteiger partial charge on any atom is 0.548 e. The Labute approximate surface area is 103 Å². The Hall–Kier alpha value is -2.09. The lowest BCUT2D eigenvalue weighted by Crippen LogP contribution is -2.33. The summed E-state index contributed by atoms with van der Waals surface area (Å²) in [7, 11) is 0. The van der Waals surface area contributed by atoms with Gasteiger partial charge in [-0.25, -0.2) is 0 Å². The first kappa shape index (κ1) is 14.0. The van der Waals surface area contributed by atoms with Gasteiger partial charge in [-0.15, -0.1) is 0 Å². The van der Waals surface area contributed by atoms with Gasteiger partial charge in [-0.3, -0.25) is 4.79 Å². The molecule has 1 unspecified atom stereocenters. The summed E-state index contributed by atoms with van der Waals surface area (Å²) in [6, 6.07) is 3.73. The molecule has 0 saturated carbocycles. The summed E-state index contributed by atoms with van der Waals surface area (Å²) < 4.78 is 0. The van der Waals surface area contributed by atoms with Gasteiger partial charge in [-0.2, -0.15) is 9.81 Å². The molecule has 1 aromatic carbocycles. The first-order valence-electron chi connectivity index (χ1n) is 5.22. The first-order chi connectivity index (χ1) is 8.49. The van der Waals surface area contributed by atoms with Crippen molar-refractivity contribution in [1.29, 1.82) is 0 Å². The second-order valence-corrected chi connectivity index (χ2v) is 3.92. The Balaban J connectivity index is 2.95. The third-order valence-corrected chi connectivity index (χ3v) is 2.62. The fraction of sp³-hybridized carbons (Fsp3) is 0.300. The SMILES string of the molecule is Cc1cc(B(N=O)N=O)ccc1CC(N)C(=O)O. The van der Waals surface area contributed by atoms with E-state index < -0.39 is 19.0 Å². The molecule has 94 valence electrons. The van der Waals surface area contributed by atoms with E-state index in [1.54, 1.807) is 19.1 Å². The predicted molar refractivity (Wildman–Crippen MR) is 67.5 cm³/mol. The minimum absolute atomic E-state index is 0.176. The molecule has 0 aliphatic rings. The van der Waals surface area contributed by atoms with Gasteiger partial charge >= 0.3 is 13.0 Å². The number of benzene rings is 1. The Morgan fingerprint density at radius 3 is 2.50 bits per heavy atom. The van der Waals surface area contributed by atoms with Gasteiger partial charge in [-0.05, 0) is 29.9 Å². The maximum absolute atomic E-state index is 10.6. The molecule has 1 atom stereocenters. The number of hydrogen-bond acceptors (Lipinski definition) is 6. The lowest BCUT2D eigenvalue weighted by atomic mass is 9.70. The van der Waals surface area contributed by atoms with E-state index >= 15 is 0 Å². The van der Waals surface area contributed by atoms with E-state index in [0.717, 1.165) is 11.1 Å². The van der Waals surface area contributed by atoms with Crippen LogP contribution in [0.5, 0.6) is 0 Å². The number of aliphatic carboxylic acids is 1. The van der Waals surface area contributed by atoms with Crippen LogP contribution in [0.2, 0.25) is 0 Å². The zero-order valence-corrected chi connectivity index (χ0v) is 9.74. The Morgan fingerprint density at radius 2 is 2.06 bits per heavy atom. The molecule has 0 spiro atoms. The Bertz CT molecular complexity index is 472. The number of carboxylic acids is 1. The standard InChI is InChI=1S/C10H12BN3O4/c1-6-4-8(11(13-17)14-18)3-2-7(6)5-9(12)10(15)16/h2-4,9H,5,12H2,1H3,(H,15,16). The van der Waals surface area contributed by atoms with E-state index in [1.165, 1.54) is 6.07 Å². The fourth-order valence-electron chi connectivity index (χ4n) is 1.57. The summed E-state index contributed by atoms with van der Waals surface area (Å²) in [5.74, 6) is -1.08. The van der Waals surface area contributed by atoms with Crippen LogP contribution in [0.15, 0.2) is 28.4 Å². The van der Waals surface area contributed by atoms with Crippen molar-refractivity contribution in [3.8, 4) is 0 Å². The van der Waals surface area contributed by atoms with Crippen LogP contribution >= 0.6 is 0 Å². The van der Waals surface area contributed by atoms with E-state index in [4.69, 9.17) is 10.8 Å². The highest BCUT2D eigenvalue weighted by Crippen LogP contribution is 2.09. The number of nitrogens with two attached hydrogens (primary N) is 1. The van der Waals surface area contributed by atoms with Crippen molar-refractivity contribution in [2.24, 2.45) is 15.9 Å². The molecular formula is C10H12BN3O4. The van der Waals surface area contributed by atoms with Crippen LogP contribution in [0.4, 0.5) is 0 Å². The van der Waals surface area contributed by atoms with Crippen LogP contribution in [-0.2, 0) is 11.2 Å². The molecule has 7 nitrogen and oxygen atoms in total. The lowest BCUT2D eigenvalue weighted by molar-refractivity contribution is -0.138. The molecule has 1 rings (SSSR count). The largest absolute Gasteiger partial charge is 0.548 e. The summed E-state index contributed by atoms with van der Waals surface area (Å²) in [6.45, 7) is 0.464. The van der Waals surface area contributed by atoms with Crippen LogP contribution in [0, 0.1) is 16.7 Å². The molecule has 0 aromatic heterocycles. The van der Waals surface area contributed by atoms with E-state index in [9.17, 15) is 14.6 Å². The number of nitrogens with zero attached hydrogens (tertiary/aromatic N) is 2. The zero-order valence-electron chi connectivity index (χ0n) is 9.74. The molecule has 0 radical (unpaired) electrons. The monoisotopic (exact) mass is 249 g/mol. The molecule has 3 N–H and O–H groups in total. The molecule has 0 saturated heterocycles. The summed E-state index contributed by atoms with van der Waals surface area (Å²) in [5, 5.41) is 13.9. The highest BCUT2D eigenvalue weighted by Gasteiger charge is 2.22. The van der Waals surface area contributed by atoms with Crippen LogP contribution in [0.25, 0.3) is 0 Å². The van der Waals surface area contributed by atoms with Crippen LogP contribution in [0.3, 0.4) is 0 Å². The van der Waals surface area contributed by atoms with Gasteiger partial charge < -0.3 is 10.8 Å². The zero-order chi connectivity index (χ0) is 13.7. The van der Waals surface area contributed by atoms with Crippen LogP contribution in [-0.4, -0.2) is 24.1 Å². The molecule has 0 amide bonds. The van der Waals surface area contributed by atoms with E-state index in [2.05, 4.69) is 10.2 Å². The van der Waals surface area contributed by atoms with Gasteiger partial charge in [0.2, 0.25) is 0 Å². The highest BCUT2D eigenvalue weighted by molar-refractivity contribution is 6.69. The topological polar surface area (TPSA) is 122 Å². The van der Waals surface area contributed by atoms with Crippen LogP contribution < -0.4 is 11.2 Å². The number of aryl methyl sites for hydroxylation is 1. The average molecular weight is 249 g/mol. The second kappa shape index (κ2) is 6.01. The van der Waals surface area contributed by atoms with Crippen molar-refractivity contribution in [3.63, 3.8) is 0 Å². The Morgan fingerprint density at radius 1 is 1.44 bits per heavy atom. The second-order valence-electron chi connectivity index (χ2n) is 3.92. The van der Waals surface area contributed by atoms with Gasteiger partial charge in [0.1, 0.15) is 6.04 Å². The lowest BCUT2D eigenvalue weighted by Gasteiger charge is -2.10. The molecule has 0 bridgehead atoms. The van der Waals surface area contributed by atoms with E-state index in [-0.39, 0.29) is 6.42 Å². The van der Waals surface area contributed by atoms with Crippen molar-refractivity contribution in [2.45, 2.75) is 19.4 Å². The minimum atomic E-state index is -1.27. The summed E-state index contributed by atoms with van der Waals surface area (Å²) >= 11 is 0. The van der Waals surface area contributed by atoms with Crippen molar-refractivity contribution in [3.05, 3.63) is 39.1 Å². The normalized spacial score (nSPS) is 11.7. The summed E-state index contributed by atoms with van der Waals surface area (Å²) in [4.78, 5) is 31.4. The minimum Gasteiger partial charge on any atom is -0.480 e. The number of hydrogen-bond donors (Lipinski definition) is 2. The summed E-state index contributed by atoms with van der Waals surface area (Å²) in [6.07, 6.45) is 0.176. The van der Waals surface area contributed by atoms with Gasteiger partial charge in [0.25, 0.3) is 0 Å². The molecule has 0 fully saturated rings. The van der Waals surface area contributed by atoms with Crippen molar-refractivity contribution < 1.29 is 9.90 Å². The van der Waals surface area contributed by atoms with Crippen molar-refractivity contribution in [1.82, 2.24) is 0 Å². The van der Waals surface area contributed by atoms with E-state index in [1.807, 2.05) is 0 Å². The number of nitroso groups, excluding NO2 is 2. The first-order valence-corrected chi connectivity index (χ1v) is 5.22. The molecule has 0 aliphatic heterocycles. The molecular weight excluding hydrogens is 237 g/mol. The number of carbonyl (C=O) groups is 1. The molecule has 0 aliphatic carbocycles. The van der Waals surface area contributed by atoms with Gasteiger partial charge in [0.05, 0.1) is 0 Å². The number of rotatable bonds is 6. The van der Waals surface area contributed by atoms with Gasteiger partial charge in [0.15, 0.2) is 0 Å². The molecule has 1 aromatic rings. The third-order valence-electron chi connectivity index (χ3n) is 2.62. The highest BCUT2D eigenvalue weighted by atomic mass is 16.4. The third kappa shape index (κ3) is 3.20. The van der Waals surface area contributed by atoms with Crippen molar-refractivity contribution >= 4 is 18.4 Å². The molecule has 18 heavy (non-hydrogen) atoms.